The van der Waals surface area contributed by atoms with Crippen molar-refractivity contribution in [1.29, 1.82) is 0 Å². The molecule has 2 aromatic carbocycles. The van der Waals surface area contributed by atoms with Gasteiger partial charge in [0, 0.05) is 6.54 Å². The third-order valence-corrected chi connectivity index (χ3v) is 4.26. The molecule has 0 aromatic heterocycles. The number of benzene rings is 2. The van der Waals surface area contributed by atoms with Crippen LogP contribution in [0.4, 0.5) is 8.78 Å². The van der Waals surface area contributed by atoms with E-state index < -0.39 is 23.8 Å². The zero-order valence-corrected chi connectivity index (χ0v) is 13.6. The molecule has 3 rings (SSSR count). The molecular formula is C19H19F2NO3. The van der Waals surface area contributed by atoms with E-state index in [9.17, 15) is 18.7 Å². The van der Waals surface area contributed by atoms with Gasteiger partial charge in [-0.05, 0) is 36.2 Å². The van der Waals surface area contributed by atoms with Crippen molar-refractivity contribution in [2.24, 2.45) is 0 Å². The second kappa shape index (κ2) is 7.61. The van der Waals surface area contributed by atoms with Gasteiger partial charge in [0.1, 0.15) is 5.75 Å². The Morgan fingerprint density at radius 3 is 2.64 bits per heavy atom. The highest BCUT2D eigenvalue weighted by Crippen LogP contribution is 2.33. The maximum Gasteiger partial charge on any atom is 0.226 e. The summed E-state index contributed by atoms with van der Waals surface area (Å²) in [6.07, 6.45) is -0.241. The van der Waals surface area contributed by atoms with Crippen molar-refractivity contribution in [2.75, 3.05) is 13.2 Å². The Morgan fingerprint density at radius 2 is 1.92 bits per heavy atom. The Balaban J connectivity index is 1.64. The smallest absolute Gasteiger partial charge is 0.226 e. The van der Waals surface area contributed by atoms with Crippen LogP contribution in [0.3, 0.4) is 0 Å². The fourth-order valence-electron chi connectivity index (χ4n) is 3.04. The number of likely N-dealkylation sites (tertiary alicyclic amines) is 1. The summed E-state index contributed by atoms with van der Waals surface area (Å²) in [5, 5.41) is 9.91. The molecule has 1 aliphatic heterocycles. The van der Waals surface area contributed by atoms with Gasteiger partial charge in [-0.25, -0.2) is 8.78 Å². The lowest BCUT2D eigenvalue weighted by Gasteiger charge is -2.25. The molecule has 1 heterocycles. The molecule has 2 atom stereocenters. The van der Waals surface area contributed by atoms with E-state index in [2.05, 4.69) is 0 Å². The molecule has 6 heteroatoms. The second-order valence-corrected chi connectivity index (χ2v) is 6.04. The van der Waals surface area contributed by atoms with Gasteiger partial charge >= 0.3 is 0 Å². The predicted octanol–water partition coefficient (Wildman–Crippen LogP) is 3.07. The number of amides is 1. The maximum absolute atomic E-state index is 13.5. The Kier molecular flexibility index (Phi) is 5.28. The number of halogens is 2. The van der Waals surface area contributed by atoms with Gasteiger partial charge in [-0.2, -0.15) is 0 Å². The number of hydrogen-bond donors (Lipinski definition) is 1. The molecule has 1 fully saturated rings. The van der Waals surface area contributed by atoms with Gasteiger partial charge in [-0.15, -0.1) is 0 Å². The van der Waals surface area contributed by atoms with Gasteiger partial charge in [0.15, 0.2) is 11.6 Å². The minimum Gasteiger partial charge on any atom is -0.493 e. The van der Waals surface area contributed by atoms with E-state index >= 15 is 0 Å². The van der Waals surface area contributed by atoms with E-state index in [4.69, 9.17) is 4.74 Å². The highest BCUT2D eigenvalue weighted by molar-refractivity contribution is 5.77. The van der Waals surface area contributed by atoms with Crippen LogP contribution >= 0.6 is 0 Å². The summed E-state index contributed by atoms with van der Waals surface area (Å²) in [4.78, 5) is 14.0. The Labute approximate surface area is 144 Å². The number of aliphatic hydroxyl groups excluding tert-OH is 1. The topological polar surface area (TPSA) is 49.8 Å². The molecule has 0 spiro atoms. The van der Waals surface area contributed by atoms with Crippen LogP contribution in [0.2, 0.25) is 0 Å². The van der Waals surface area contributed by atoms with Crippen molar-refractivity contribution >= 4 is 5.91 Å². The van der Waals surface area contributed by atoms with Crippen molar-refractivity contribution in [3.63, 3.8) is 0 Å². The lowest BCUT2D eigenvalue weighted by atomic mass is 10.0. The third kappa shape index (κ3) is 4.14. The quantitative estimate of drug-likeness (QED) is 0.904. The fraction of sp³-hybridized carbons (Fsp3) is 0.316. The zero-order chi connectivity index (χ0) is 17.8. The standard InChI is InChI=1S/C19H19F2NO3/c20-16-7-6-13(10-17(16)21)18-11-14(23)12-22(18)19(24)8-9-25-15-4-2-1-3-5-15/h1-7,10,14,18,23H,8-9,11-12H2/t14-,18-/m1/s1. The summed E-state index contributed by atoms with van der Waals surface area (Å²) in [6, 6.07) is 12.3. The number of β-amino-alcohol motifs (C(OH)–C–C–N with tert-alkyl or cyclic N) is 1. The van der Waals surface area contributed by atoms with Crippen LogP contribution in [0.15, 0.2) is 48.5 Å². The number of rotatable bonds is 5. The third-order valence-electron chi connectivity index (χ3n) is 4.26. The maximum atomic E-state index is 13.5. The largest absolute Gasteiger partial charge is 0.493 e. The Morgan fingerprint density at radius 1 is 1.16 bits per heavy atom. The van der Waals surface area contributed by atoms with Gasteiger partial charge in [0.05, 0.1) is 25.2 Å². The number of aliphatic hydroxyl groups is 1. The Bertz CT molecular complexity index is 739. The molecule has 0 bridgehead atoms. The lowest BCUT2D eigenvalue weighted by Crippen LogP contribution is -2.32. The summed E-state index contributed by atoms with van der Waals surface area (Å²) >= 11 is 0. The average molecular weight is 347 g/mol. The van der Waals surface area contributed by atoms with Crippen molar-refractivity contribution in [3.8, 4) is 5.75 Å². The molecule has 1 amide bonds. The monoisotopic (exact) mass is 347 g/mol. The number of hydrogen-bond acceptors (Lipinski definition) is 3. The summed E-state index contributed by atoms with van der Waals surface area (Å²) in [6.45, 7) is 0.383. The molecule has 25 heavy (non-hydrogen) atoms. The average Bonchev–Trinajstić information content (AvgIpc) is 3.00. The predicted molar refractivity (Wildman–Crippen MR) is 88.0 cm³/mol. The molecular weight excluding hydrogens is 328 g/mol. The first-order valence-electron chi connectivity index (χ1n) is 8.15. The summed E-state index contributed by atoms with van der Waals surface area (Å²) in [5.41, 5.74) is 0.479. The van der Waals surface area contributed by atoms with Crippen molar-refractivity contribution < 1.29 is 23.4 Å². The zero-order valence-electron chi connectivity index (χ0n) is 13.6. The van der Waals surface area contributed by atoms with Gasteiger partial charge in [0.2, 0.25) is 5.91 Å². The van der Waals surface area contributed by atoms with Crippen LogP contribution in [0.5, 0.6) is 5.75 Å². The van der Waals surface area contributed by atoms with Crippen molar-refractivity contribution in [1.82, 2.24) is 4.90 Å². The SMILES string of the molecule is O=C(CCOc1ccccc1)N1C[C@H](O)C[C@@H]1c1ccc(F)c(F)c1. The molecule has 1 saturated heterocycles. The van der Waals surface area contributed by atoms with Crippen LogP contribution in [-0.2, 0) is 4.79 Å². The summed E-state index contributed by atoms with van der Waals surface area (Å²) in [5.74, 6) is -1.41. The number of ether oxygens (including phenoxy) is 1. The van der Waals surface area contributed by atoms with Crippen LogP contribution in [0.1, 0.15) is 24.4 Å². The molecule has 0 aliphatic carbocycles. The first-order chi connectivity index (χ1) is 12.0. The Hall–Kier alpha value is -2.47. The molecule has 132 valence electrons. The lowest BCUT2D eigenvalue weighted by molar-refractivity contribution is -0.133. The highest BCUT2D eigenvalue weighted by Gasteiger charge is 2.35. The minimum absolute atomic E-state index is 0.141. The van der Waals surface area contributed by atoms with E-state index in [0.29, 0.717) is 17.7 Å². The first kappa shape index (κ1) is 17.4. The van der Waals surface area contributed by atoms with Crippen molar-refractivity contribution in [2.45, 2.75) is 25.0 Å². The molecule has 1 N–H and O–H groups in total. The number of carbonyl (C=O) groups excluding carboxylic acids is 1. The normalized spacial score (nSPS) is 19.9. The molecule has 0 unspecified atom stereocenters. The van der Waals surface area contributed by atoms with E-state index in [0.717, 1.165) is 12.1 Å². The van der Waals surface area contributed by atoms with Crippen LogP contribution in [-0.4, -0.2) is 35.2 Å². The van der Waals surface area contributed by atoms with Gasteiger partial charge in [-0.1, -0.05) is 24.3 Å². The van der Waals surface area contributed by atoms with Gasteiger partial charge in [-0.3, -0.25) is 4.79 Å². The van der Waals surface area contributed by atoms with Crippen molar-refractivity contribution in [3.05, 3.63) is 65.7 Å². The van der Waals surface area contributed by atoms with E-state index in [-0.39, 0.29) is 25.5 Å². The second-order valence-electron chi connectivity index (χ2n) is 6.04. The number of nitrogens with zero attached hydrogens (tertiary/aromatic N) is 1. The highest BCUT2D eigenvalue weighted by atomic mass is 19.2. The summed E-state index contributed by atoms with van der Waals surface area (Å²) in [7, 11) is 0. The van der Waals surface area contributed by atoms with Crippen LogP contribution < -0.4 is 4.74 Å². The first-order valence-corrected chi connectivity index (χ1v) is 8.15. The number of para-hydroxylation sites is 1. The molecule has 2 aromatic rings. The van der Waals surface area contributed by atoms with Gasteiger partial charge in [0.25, 0.3) is 0 Å². The molecule has 1 aliphatic rings. The van der Waals surface area contributed by atoms with E-state index in [1.807, 2.05) is 18.2 Å². The van der Waals surface area contributed by atoms with E-state index in [1.165, 1.54) is 11.0 Å². The van der Waals surface area contributed by atoms with Crippen LogP contribution in [0.25, 0.3) is 0 Å². The molecule has 0 radical (unpaired) electrons. The fourth-order valence-corrected chi connectivity index (χ4v) is 3.04. The van der Waals surface area contributed by atoms with Crippen LogP contribution in [0, 0.1) is 11.6 Å². The minimum atomic E-state index is -0.960. The molecule has 0 saturated carbocycles. The summed E-state index contributed by atoms with van der Waals surface area (Å²) < 4.78 is 32.1. The van der Waals surface area contributed by atoms with Gasteiger partial charge < -0.3 is 14.7 Å². The number of carbonyl (C=O) groups is 1. The molecule has 4 nitrogen and oxygen atoms in total. The van der Waals surface area contributed by atoms with E-state index in [1.54, 1.807) is 12.1 Å².